The van der Waals surface area contributed by atoms with E-state index in [2.05, 4.69) is 31.9 Å². The maximum absolute atomic E-state index is 14.4. The van der Waals surface area contributed by atoms with Crippen molar-refractivity contribution >= 4 is 47.2 Å². The number of hydrogen-bond acceptors (Lipinski definition) is 10. The van der Waals surface area contributed by atoms with Crippen LogP contribution in [0.3, 0.4) is 0 Å². The molecule has 0 bridgehead atoms. The van der Waals surface area contributed by atoms with E-state index in [4.69, 9.17) is 9.47 Å². The van der Waals surface area contributed by atoms with Gasteiger partial charge in [0.05, 0.1) is 23.9 Å². The van der Waals surface area contributed by atoms with Crippen molar-refractivity contribution < 1.29 is 38.2 Å². The van der Waals surface area contributed by atoms with E-state index >= 15 is 0 Å². The zero-order chi connectivity index (χ0) is 43.2. The van der Waals surface area contributed by atoms with Crippen molar-refractivity contribution in [2.75, 3.05) is 36.8 Å². The molecule has 1 unspecified atom stereocenters. The fraction of sp³-hybridized carbons (Fsp3) is 0.591. The average molecular weight is 831 g/mol. The quantitative estimate of drug-likeness (QED) is 0.161. The molecule has 16 nitrogen and oxygen atoms in total. The summed E-state index contributed by atoms with van der Waals surface area (Å²) in [5.41, 5.74) is -0.278. The van der Waals surface area contributed by atoms with Crippen LogP contribution in [0.2, 0.25) is 0 Å². The Morgan fingerprint density at radius 3 is 1.33 bits per heavy atom. The highest BCUT2D eigenvalue weighted by Gasteiger charge is 2.51. The third kappa shape index (κ3) is 11.3. The lowest BCUT2D eigenvalue weighted by Crippen LogP contribution is -2.54. The molecule has 4 aliphatic heterocycles. The van der Waals surface area contributed by atoms with Crippen LogP contribution < -0.4 is 31.9 Å². The number of benzene rings is 2. The number of likely N-dealkylation sites (tertiary alicyclic amines) is 2. The smallest absolute Gasteiger partial charge is 0.408 e. The zero-order valence-corrected chi connectivity index (χ0v) is 35.6. The number of carbonyl (C=O) groups excluding carboxylic acids is 6. The first-order valence-electron chi connectivity index (χ1n) is 21.3. The molecule has 4 aliphatic rings. The van der Waals surface area contributed by atoms with Crippen LogP contribution in [0, 0.1) is 11.8 Å². The van der Waals surface area contributed by atoms with Crippen LogP contribution in [0.4, 0.5) is 21.0 Å². The number of para-hydroxylation sites is 2. The molecule has 16 heteroatoms. The number of nitrogens with zero attached hydrogens (tertiary/aromatic N) is 2. The zero-order valence-electron chi connectivity index (χ0n) is 35.6. The van der Waals surface area contributed by atoms with Gasteiger partial charge < -0.3 is 51.2 Å². The highest BCUT2D eigenvalue weighted by molar-refractivity contribution is 5.95. The summed E-state index contributed by atoms with van der Waals surface area (Å²) >= 11 is 0. The second kappa shape index (κ2) is 19.0. The summed E-state index contributed by atoms with van der Waals surface area (Å²) in [6.07, 6.45) is 1.08. The molecule has 2 aromatic rings. The monoisotopic (exact) mass is 830 g/mol. The van der Waals surface area contributed by atoms with Crippen molar-refractivity contribution in [3.05, 3.63) is 60.7 Å². The van der Waals surface area contributed by atoms with Crippen molar-refractivity contribution in [3.63, 3.8) is 0 Å². The van der Waals surface area contributed by atoms with Crippen LogP contribution in [0.5, 0.6) is 0 Å². The minimum absolute atomic E-state index is 0.0717. The van der Waals surface area contributed by atoms with E-state index in [-0.39, 0.29) is 48.6 Å². The predicted molar refractivity (Wildman–Crippen MR) is 226 cm³/mol. The molecule has 4 saturated heterocycles. The van der Waals surface area contributed by atoms with Gasteiger partial charge in [-0.2, -0.15) is 0 Å². The van der Waals surface area contributed by atoms with E-state index in [0.717, 1.165) is 0 Å². The van der Waals surface area contributed by atoms with E-state index < -0.39 is 59.4 Å². The van der Waals surface area contributed by atoms with Gasteiger partial charge in [0, 0.05) is 49.6 Å². The Kier molecular flexibility index (Phi) is 14.0. The molecular formula is C44H62N8O8. The second-order valence-electron chi connectivity index (χ2n) is 18.3. The van der Waals surface area contributed by atoms with E-state index in [9.17, 15) is 28.8 Å². The summed E-state index contributed by atoms with van der Waals surface area (Å²) in [5.74, 6) is -2.01. The van der Waals surface area contributed by atoms with Gasteiger partial charge >= 0.3 is 12.2 Å². The normalized spacial score (nSPS) is 24.4. The standard InChI is InChI=1S/C44H62N8O8/c1-43(2,3)59-41(57)49-33(39(55)51-23-21-31-35(51)29(25-45-31)37(53)47-27-15-9-7-10-16-27)19-13-14-20-34(50-42(58)60-44(4,5)6)40(56)52-24-22-32-36(52)30(26-46-32)38(54)48-28-17-11-8-12-18-28/h7-12,15-18,29-36,45-46H,13-14,19-26H2,1-6H3,(H,47,53)(H,48,54)(H,49,57)(H,50,58)/t29-,30-,31+,32+,33-,34-,35+,36?/m0/s1. The van der Waals surface area contributed by atoms with Gasteiger partial charge in [0.15, 0.2) is 0 Å². The lowest BCUT2D eigenvalue weighted by molar-refractivity contribution is -0.137. The molecule has 8 atom stereocenters. The van der Waals surface area contributed by atoms with Crippen LogP contribution >= 0.6 is 0 Å². The maximum Gasteiger partial charge on any atom is 0.408 e. The van der Waals surface area contributed by atoms with Crippen molar-refractivity contribution in [1.29, 1.82) is 0 Å². The summed E-state index contributed by atoms with van der Waals surface area (Å²) in [7, 11) is 0. The van der Waals surface area contributed by atoms with Crippen LogP contribution in [0.1, 0.15) is 80.1 Å². The van der Waals surface area contributed by atoms with Gasteiger partial charge in [0.25, 0.3) is 0 Å². The van der Waals surface area contributed by atoms with Gasteiger partial charge in [-0.1, -0.05) is 49.2 Å². The number of amides is 6. The molecular weight excluding hydrogens is 769 g/mol. The molecule has 326 valence electrons. The summed E-state index contributed by atoms with van der Waals surface area (Å²) in [4.78, 5) is 85.6. The molecule has 2 aromatic carbocycles. The number of anilines is 2. The third-order valence-electron chi connectivity index (χ3n) is 11.5. The van der Waals surface area contributed by atoms with Gasteiger partial charge in [-0.15, -0.1) is 0 Å². The summed E-state index contributed by atoms with van der Waals surface area (Å²) in [5, 5.41) is 18.4. The van der Waals surface area contributed by atoms with Gasteiger partial charge in [-0.3, -0.25) is 19.2 Å². The molecule has 0 aliphatic carbocycles. The summed E-state index contributed by atoms with van der Waals surface area (Å²) in [6.45, 7) is 12.1. The van der Waals surface area contributed by atoms with Gasteiger partial charge in [0.1, 0.15) is 23.3 Å². The Morgan fingerprint density at radius 2 is 0.983 bits per heavy atom. The largest absolute Gasteiger partial charge is 0.444 e. The topological polar surface area (TPSA) is 200 Å². The number of carbonyl (C=O) groups is 6. The number of alkyl carbamates (subject to hydrolysis) is 2. The summed E-state index contributed by atoms with van der Waals surface area (Å²) < 4.78 is 11.1. The van der Waals surface area contributed by atoms with E-state index in [1.807, 2.05) is 60.7 Å². The molecule has 4 heterocycles. The first-order valence-corrected chi connectivity index (χ1v) is 21.3. The highest BCUT2D eigenvalue weighted by atomic mass is 16.6. The van der Waals surface area contributed by atoms with Crippen LogP contribution in [0.15, 0.2) is 60.7 Å². The molecule has 6 amide bonds. The molecule has 60 heavy (non-hydrogen) atoms. The molecule has 4 fully saturated rings. The maximum atomic E-state index is 14.4. The lowest BCUT2D eigenvalue weighted by atomic mass is 9.96. The van der Waals surface area contributed by atoms with Crippen molar-refractivity contribution in [1.82, 2.24) is 31.1 Å². The van der Waals surface area contributed by atoms with Crippen molar-refractivity contribution in [2.45, 2.75) is 128 Å². The Labute approximate surface area is 352 Å². The Hall–Kier alpha value is -5.22. The average Bonchev–Trinajstić information content (AvgIpc) is 3.97. The number of unbranched alkanes of at least 4 members (excludes halogenated alkanes) is 1. The first kappa shape index (κ1) is 44.3. The van der Waals surface area contributed by atoms with Gasteiger partial charge in [-0.05, 0) is 91.5 Å². The number of ether oxygens (including phenoxy) is 2. The van der Waals surface area contributed by atoms with Crippen LogP contribution in [-0.4, -0.2) is 119 Å². The first-order chi connectivity index (χ1) is 28.5. The van der Waals surface area contributed by atoms with Crippen molar-refractivity contribution in [3.8, 4) is 0 Å². The Balaban J connectivity index is 1.14. The molecule has 0 aromatic heterocycles. The Morgan fingerprint density at radius 1 is 0.617 bits per heavy atom. The van der Waals surface area contributed by atoms with Crippen LogP contribution in [-0.2, 0) is 28.7 Å². The molecule has 0 spiro atoms. The SMILES string of the molecule is CC(C)(C)OC(=O)N[C@@H](CCCC[C@H](NC(=O)OC(C)(C)C)C(=O)N1CC[C@H]2NC[C@H](C(=O)Nc3ccccc3)[C@H]21)C(=O)N1CC[C@H]2NC[C@H](C(=O)Nc3ccccc3)C21. The third-order valence-corrected chi connectivity index (χ3v) is 11.5. The number of hydrogen-bond donors (Lipinski definition) is 6. The fourth-order valence-corrected chi connectivity index (χ4v) is 8.90. The highest BCUT2D eigenvalue weighted by Crippen LogP contribution is 2.33. The molecule has 0 saturated carbocycles. The number of nitrogens with one attached hydrogen (secondary N) is 6. The van der Waals surface area contributed by atoms with Gasteiger partial charge in [0.2, 0.25) is 23.6 Å². The lowest BCUT2D eigenvalue weighted by Gasteiger charge is -2.32. The Bertz CT molecular complexity index is 1720. The fourth-order valence-electron chi connectivity index (χ4n) is 8.90. The molecule has 0 radical (unpaired) electrons. The van der Waals surface area contributed by atoms with E-state index in [1.54, 1.807) is 51.3 Å². The predicted octanol–water partition coefficient (Wildman–Crippen LogP) is 3.99. The van der Waals surface area contributed by atoms with Crippen LogP contribution in [0.25, 0.3) is 0 Å². The second-order valence-corrected chi connectivity index (χ2v) is 18.3. The minimum Gasteiger partial charge on any atom is -0.444 e. The molecule has 6 N–H and O–H groups in total. The number of fused-ring (bicyclic) bond motifs is 2. The summed E-state index contributed by atoms with van der Waals surface area (Å²) in [6, 6.07) is 15.4. The van der Waals surface area contributed by atoms with Gasteiger partial charge in [-0.25, -0.2) is 9.59 Å². The number of rotatable bonds is 13. The molecule has 6 rings (SSSR count). The van der Waals surface area contributed by atoms with E-state index in [0.29, 0.717) is 63.2 Å². The van der Waals surface area contributed by atoms with E-state index in [1.165, 1.54) is 0 Å². The van der Waals surface area contributed by atoms with Crippen molar-refractivity contribution in [2.24, 2.45) is 11.8 Å². The minimum atomic E-state index is -0.974.